The van der Waals surface area contributed by atoms with Gasteiger partial charge in [-0.3, -0.25) is 0 Å². The highest BCUT2D eigenvalue weighted by Crippen LogP contribution is 1.82. The molecule has 0 aliphatic heterocycles. The topological polar surface area (TPSA) is 45.0 Å². The molecule has 0 amide bonds. The molecule has 15 heavy (non-hydrogen) atoms. The normalized spacial score (nSPS) is 8.67. The molecule has 0 saturated heterocycles. The van der Waals surface area contributed by atoms with Crippen LogP contribution in [0.4, 0.5) is 0 Å². The van der Waals surface area contributed by atoms with Crippen LogP contribution in [-0.2, 0) is 4.79 Å². The van der Waals surface area contributed by atoms with Crippen LogP contribution in [0.3, 0.4) is 0 Å². The molecule has 0 spiro atoms. The number of carbonyl (C=O) groups is 1. The van der Waals surface area contributed by atoms with Crippen molar-refractivity contribution in [2.24, 2.45) is 9.98 Å². The number of rotatable bonds is 5. The summed E-state index contributed by atoms with van der Waals surface area (Å²) in [5, 5.41) is 0. The summed E-state index contributed by atoms with van der Waals surface area (Å²) in [4.78, 5) is 19.4. The van der Waals surface area contributed by atoms with Crippen molar-refractivity contribution < 1.29 is 4.79 Å². The first-order chi connectivity index (χ1) is 7.00. The maximum absolute atomic E-state index is 9.44. The molecule has 0 aromatic heterocycles. The van der Waals surface area contributed by atoms with E-state index in [-0.39, 0.29) is 5.78 Å². The summed E-state index contributed by atoms with van der Waals surface area (Å²) in [6.07, 6.45) is 1.08. The first-order valence-corrected chi connectivity index (χ1v) is 5.20. The molecule has 0 aromatic carbocycles. The lowest BCUT2D eigenvalue weighted by Gasteiger charge is -2.05. The zero-order valence-electron chi connectivity index (χ0n) is 10.6. The fourth-order valence-corrected chi connectivity index (χ4v) is 0.637. The highest BCUT2D eigenvalue weighted by atomic mass is 16.1. The second-order valence-corrected chi connectivity index (χ2v) is 3.52. The molecule has 0 aliphatic carbocycles. The van der Waals surface area contributed by atoms with Crippen molar-refractivity contribution in [3.8, 4) is 0 Å². The zero-order chi connectivity index (χ0) is 12.1. The Labute approximate surface area is 93.1 Å². The molecule has 0 fully saturated rings. The Morgan fingerprint density at radius 2 is 1.80 bits per heavy atom. The summed E-state index contributed by atoms with van der Waals surface area (Å²) in [7, 11) is 4.12. The first kappa shape index (κ1) is 16.4. The summed E-state index contributed by atoms with van der Waals surface area (Å²) in [6, 6.07) is 2.64. The average Bonchev–Trinajstić information content (AvgIpc) is 2.09. The summed E-state index contributed by atoms with van der Waals surface area (Å²) in [5.41, 5.74) is 0. The molecule has 0 heterocycles. The summed E-state index contributed by atoms with van der Waals surface area (Å²) < 4.78 is 0. The van der Waals surface area contributed by atoms with E-state index in [1.54, 1.807) is 0 Å². The van der Waals surface area contributed by atoms with Gasteiger partial charge in [-0.05, 0) is 47.8 Å². The van der Waals surface area contributed by atoms with E-state index in [9.17, 15) is 4.79 Å². The van der Waals surface area contributed by atoms with Gasteiger partial charge in [-0.2, -0.15) is 0 Å². The lowest BCUT2D eigenvalue weighted by atomic mass is 10.4. The molecule has 0 atom stereocenters. The highest BCUT2D eigenvalue weighted by molar-refractivity contribution is 5.72. The second kappa shape index (κ2) is 13.0. The number of aliphatic imine (C=N–C) groups is 2. The van der Waals surface area contributed by atoms with Crippen molar-refractivity contribution in [1.29, 1.82) is 0 Å². The monoisotopic (exact) mass is 213 g/mol. The third kappa shape index (κ3) is 32.1. The molecule has 88 valence electrons. The van der Waals surface area contributed by atoms with E-state index in [2.05, 4.69) is 35.0 Å². The van der Waals surface area contributed by atoms with Gasteiger partial charge in [-0.25, -0.2) is 9.98 Å². The second-order valence-electron chi connectivity index (χ2n) is 3.52. The first-order valence-electron chi connectivity index (χ1n) is 5.20. The fourth-order valence-electron chi connectivity index (χ4n) is 0.637. The van der Waals surface area contributed by atoms with E-state index in [1.807, 2.05) is 6.92 Å². The van der Waals surface area contributed by atoms with Crippen LogP contribution in [0.1, 0.15) is 27.2 Å². The smallest absolute Gasteiger partial charge is 0.126 e. The van der Waals surface area contributed by atoms with Crippen LogP contribution in [0.5, 0.6) is 0 Å². The van der Waals surface area contributed by atoms with Crippen LogP contribution >= 0.6 is 0 Å². The number of carbonyl (C=O) groups excluding carboxylic acids is 1. The van der Waals surface area contributed by atoms with Crippen LogP contribution in [0, 0.1) is 0 Å². The van der Waals surface area contributed by atoms with Gasteiger partial charge in [0, 0.05) is 6.54 Å². The van der Waals surface area contributed by atoms with Gasteiger partial charge in [0.15, 0.2) is 0 Å². The Balaban J connectivity index is 0. The van der Waals surface area contributed by atoms with Crippen molar-refractivity contribution in [1.82, 2.24) is 4.90 Å². The van der Waals surface area contributed by atoms with Gasteiger partial charge < -0.3 is 9.69 Å². The van der Waals surface area contributed by atoms with Gasteiger partial charge >= 0.3 is 0 Å². The van der Waals surface area contributed by atoms with E-state index in [1.165, 1.54) is 13.8 Å². The van der Waals surface area contributed by atoms with Crippen molar-refractivity contribution in [2.75, 3.05) is 33.7 Å². The Morgan fingerprint density at radius 1 is 1.27 bits per heavy atom. The van der Waals surface area contributed by atoms with Crippen LogP contribution in [0.15, 0.2) is 9.98 Å². The third-order valence-electron chi connectivity index (χ3n) is 1.17. The number of ketones is 1. The summed E-state index contributed by atoms with van der Waals surface area (Å²) in [5.74, 6) is 0.167. The Kier molecular flexibility index (Phi) is 14.3. The minimum atomic E-state index is 0.167. The van der Waals surface area contributed by atoms with Gasteiger partial charge in [0.1, 0.15) is 5.78 Å². The largest absolute Gasteiger partial charge is 0.309 e. The van der Waals surface area contributed by atoms with Crippen molar-refractivity contribution in [2.45, 2.75) is 27.2 Å². The lowest BCUT2D eigenvalue weighted by molar-refractivity contribution is -0.114. The van der Waals surface area contributed by atoms with Crippen molar-refractivity contribution >= 4 is 11.8 Å². The van der Waals surface area contributed by atoms with Crippen LogP contribution in [0.25, 0.3) is 0 Å². The van der Waals surface area contributed by atoms with E-state index < -0.39 is 0 Å². The quantitative estimate of drug-likeness (QED) is 0.515. The van der Waals surface area contributed by atoms with Crippen molar-refractivity contribution in [3.05, 3.63) is 0 Å². The van der Waals surface area contributed by atoms with Gasteiger partial charge in [0.2, 0.25) is 0 Å². The molecule has 0 N–H and O–H groups in total. The van der Waals surface area contributed by atoms with E-state index in [0.717, 1.165) is 26.1 Å². The molecule has 0 radical (unpaired) electrons. The highest BCUT2D eigenvalue weighted by Gasteiger charge is 1.86. The van der Waals surface area contributed by atoms with E-state index in [0.29, 0.717) is 0 Å². The van der Waals surface area contributed by atoms with Gasteiger partial charge in [-0.1, -0.05) is 0 Å². The molecule has 0 aromatic rings. The molecule has 0 unspecified atom stereocenters. The number of hydrogen-bond acceptors (Lipinski definition) is 4. The average molecular weight is 213 g/mol. The Bertz CT molecular complexity index is 202. The molecular weight excluding hydrogens is 190 g/mol. The predicted octanol–water partition coefficient (Wildman–Crippen LogP) is 1.73. The summed E-state index contributed by atoms with van der Waals surface area (Å²) >= 11 is 0. The van der Waals surface area contributed by atoms with Crippen LogP contribution < -0.4 is 0 Å². The van der Waals surface area contributed by atoms with Gasteiger partial charge in [0.25, 0.3) is 0 Å². The van der Waals surface area contributed by atoms with E-state index in [4.69, 9.17) is 0 Å². The Hall–Kier alpha value is -0.990. The molecule has 4 nitrogen and oxygen atoms in total. The molecule has 0 aliphatic rings. The molecule has 0 bridgehead atoms. The minimum absolute atomic E-state index is 0.167. The SMILES string of the molecule is CC(C)=O.CCN=C=NCCCN(C)C. The van der Waals surface area contributed by atoms with Gasteiger partial charge in [-0.15, -0.1) is 0 Å². The number of Topliss-reactive ketones (excluding diaryl/α,β-unsaturated/α-hetero) is 1. The Morgan fingerprint density at radius 3 is 2.20 bits per heavy atom. The van der Waals surface area contributed by atoms with Crippen molar-refractivity contribution in [3.63, 3.8) is 0 Å². The fraction of sp³-hybridized carbons (Fsp3) is 0.818. The maximum Gasteiger partial charge on any atom is 0.126 e. The molecular formula is C11H23N3O. The van der Waals surface area contributed by atoms with E-state index >= 15 is 0 Å². The summed E-state index contributed by atoms with van der Waals surface area (Å²) in [6.45, 7) is 7.72. The molecule has 0 rings (SSSR count). The predicted molar refractivity (Wildman–Crippen MR) is 64.8 cm³/mol. The number of nitrogens with zero attached hydrogens (tertiary/aromatic N) is 3. The van der Waals surface area contributed by atoms with Crippen LogP contribution in [0.2, 0.25) is 0 Å². The van der Waals surface area contributed by atoms with Crippen LogP contribution in [-0.4, -0.2) is 50.4 Å². The maximum atomic E-state index is 9.44. The molecule has 4 heteroatoms. The van der Waals surface area contributed by atoms with Gasteiger partial charge in [0.05, 0.1) is 12.6 Å². The zero-order valence-corrected chi connectivity index (χ0v) is 10.6. The minimum Gasteiger partial charge on any atom is -0.309 e. The molecule has 0 saturated carbocycles. The number of hydrogen-bond donors (Lipinski definition) is 0. The lowest BCUT2D eigenvalue weighted by Crippen LogP contribution is -2.13. The standard InChI is InChI=1S/C8H17N3.C3H6O/c1-4-9-8-10-6-5-7-11(2)3;1-3(2)4/h4-7H2,1-3H3;1-2H3. The third-order valence-corrected chi connectivity index (χ3v) is 1.17.